The lowest BCUT2D eigenvalue weighted by Gasteiger charge is -2.61. The minimum Gasteiger partial charge on any atom is -0.490 e. The van der Waals surface area contributed by atoms with E-state index >= 15 is 4.39 Å². The minimum absolute atomic E-state index is 0.0294. The van der Waals surface area contributed by atoms with Crippen molar-refractivity contribution in [1.82, 2.24) is 25.3 Å². The Morgan fingerprint density at radius 1 is 0.981 bits per heavy atom. The number of rotatable bonds is 7. The fourth-order valence-corrected chi connectivity index (χ4v) is 10.6. The highest BCUT2D eigenvalue weighted by atomic mass is 19.4. The van der Waals surface area contributed by atoms with E-state index in [2.05, 4.69) is 30.2 Å². The summed E-state index contributed by atoms with van der Waals surface area (Å²) in [4.78, 5) is 47.7. The van der Waals surface area contributed by atoms with Crippen LogP contribution in [0.15, 0.2) is 42.9 Å². The number of nitrogens with two attached hydrogens (primary N) is 1. The van der Waals surface area contributed by atoms with Crippen molar-refractivity contribution in [3.8, 4) is 5.75 Å². The fraction of sp³-hybridized carbons (Fsp3) is 0.579. The van der Waals surface area contributed by atoms with E-state index in [9.17, 15) is 22.8 Å². The van der Waals surface area contributed by atoms with Gasteiger partial charge in [-0.1, -0.05) is 0 Å². The topological polar surface area (TPSA) is 149 Å². The van der Waals surface area contributed by atoms with Gasteiger partial charge in [-0.3, -0.25) is 9.59 Å². The van der Waals surface area contributed by atoms with E-state index in [1.54, 1.807) is 23.4 Å². The van der Waals surface area contributed by atoms with Gasteiger partial charge in [0, 0.05) is 75.4 Å². The summed E-state index contributed by atoms with van der Waals surface area (Å²) in [5.41, 5.74) is 1.69. The van der Waals surface area contributed by atoms with E-state index in [4.69, 9.17) is 15.2 Å². The second-order valence-corrected chi connectivity index (χ2v) is 16.1. The summed E-state index contributed by atoms with van der Waals surface area (Å²) in [5, 5.41) is 2.61. The third kappa shape index (κ3) is 5.82. The van der Waals surface area contributed by atoms with Gasteiger partial charge in [0.15, 0.2) is 5.69 Å². The Morgan fingerprint density at radius 2 is 1.69 bits per heavy atom. The number of fused-ring (bicyclic) bond motifs is 2. The maximum Gasteiger partial charge on any atom is 0.434 e. The van der Waals surface area contributed by atoms with Gasteiger partial charge < -0.3 is 30.3 Å². The summed E-state index contributed by atoms with van der Waals surface area (Å²) < 4.78 is 72.2. The molecule has 3 aromatic rings. The molecule has 2 amide bonds. The average molecular weight is 751 g/mol. The van der Waals surface area contributed by atoms with Crippen LogP contribution in [-0.4, -0.2) is 81.9 Å². The van der Waals surface area contributed by atoms with Crippen LogP contribution >= 0.6 is 0 Å². The lowest BCUT2D eigenvalue weighted by Crippen LogP contribution is -2.74. The predicted octanol–water partition coefficient (Wildman–Crippen LogP) is 5.04. The average Bonchev–Trinajstić information content (AvgIpc) is 3.45. The van der Waals surface area contributed by atoms with E-state index in [1.807, 2.05) is 18.2 Å². The molecule has 54 heavy (non-hydrogen) atoms. The molecular weight excluding hydrogens is 708 g/mol. The van der Waals surface area contributed by atoms with Crippen LogP contribution in [0.2, 0.25) is 0 Å². The molecule has 0 radical (unpaired) electrons. The van der Waals surface area contributed by atoms with Crippen molar-refractivity contribution in [2.24, 2.45) is 23.5 Å². The standard InChI is InChI=1S/C38H42F4N8O4/c39-36-17-22-14-23(18-36)37(32(43)52,24(15-22)19-36)48-31(51)27-20-46-34(47-30(27)38(40,41)42)50-21-35(6-12-53-13-7-35)28-16-26(2-3-29(28)50)54-25-4-10-49(11-5-25)33-44-8-1-9-45-33/h1-3,8-9,16,20,22-25H,4-7,10-15,17-19,21H2,(H2,43,52)(H,48,51)/t22?,23-,24+,36?,37?. The summed E-state index contributed by atoms with van der Waals surface area (Å²) >= 11 is 0. The number of carbonyl (C=O) groups excluding carboxylic acids is 2. The summed E-state index contributed by atoms with van der Waals surface area (Å²) in [5.74, 6) is -2.01. The van der Waals surface area contributed by atoms with Crippen molar-refractivity contribution in [2.75, 3.05) is 42.6 Å². The number of primary amides is 1. The molecule has 12 nitrogen and oxygen atoms in total. The van der Waals surface area contributed by atoms with Crippen LogP contribution in [0, 0.1) is 17.8 Å². The monoisotopic (exact) mass is 750 g/mol. The molecule has 4 aliphatic carbocycles. The van der Waals surface area contributed by atoms with Crippen LogP contribution in [-0.2, 0) is 21.1 Å². The third-order valence-electron chi connectivity index (χ3n) is 13.0. The van der Waals surface area contributed by atoms with Crippen LogP contribution in [0.4, 0.5) is 35.1 Å². The van der Waals surface area contributed by atoms with Crippen molar-refractivity contribution >= 4 is 29.4 Å². The van der Waals surface area contributed by atoms with Crippen molar-refractivity contribution in [2.45, 2.75) is 86.7 Å². The van der Waals surface area contributed by atoms with Crippen molar-refractivity contribution < 1.29 is 36.6 Å². The molecule has 6 fully saturated rings. The van der Waals surface area contributed by atoms with E-state index in [0.29, 0.717) is 69.2 Å². The van der Waals surface area contributed by atoms with E-state index in [1.165, 1.54) is 0 Å². The van der Waals surface area contributed by atoms with Gasteiger partial charge in [0.2, 0.25) is 17.8 Å². The molecular formula is C38H42F4N8O4. The zero-order valence-electron chi connectivity index (χ0n) is 29.7. The lowest BCUT2D eigenvalue weighted by molar-refractivity contribution is -0.156. The Bertz CT molecular complexity index is 1940. The molecule has 1 spiro atoms. The summed E-state index contributed by atoms with van der Waals surface area (Å²) in [7, 11) is 0. The Kier molecular flexibility index (Phi) is 8.28. The van der Waals surface area contributed by atoms with Gasteiger partial charge in [0.05, 0.1) is 5.56 Å². The molecule has 3 N–H and O–H groups in total. The van der Waals surface area contributed by atoms with Crippen molar-refractivity contribution in [1.29, 1.82) is 0 Å². The molecule has 5 atom stereocenters. The van der Waals surface area contributed by atoms with Gasteiger partial charge >= 0.3 is 6.18 Å². The molecule has 4 saturated carbocycles. The molecule has 1 aromatic carbocycles. The molecule has 2 saturated heterocycles. The first-order chi connectivity index (χ1) is 25.9. The molecule has 3 unspecified atom stereocenters. The highest BCUT2D eigenvalue weighted by Crippen LogP contribution is 2.61. The number of nitrogens with zero attached hydrogens (tertiary/aromatic N) is 6. The van der Waals surface area contributed by atoms with Gasteiger partial charge in [-0.05, 0) is 92.5 Å². The number of ether oxygens (including phenoxy) is 2. The van der Waals surface area contributed by atoms with Crippen LogP contribution in [0.25, 0.3) is 0 Å². The van der Waals surface area contributed by atoms with Crippen LogP contribution in [0.3, 0.4) is 0 Å². The number of aromatic nitrogens is 4. The number of benzene rings is 1. The molecule has 286 valence electrons. The van der Waals surface area contributed by atoms with Crippen LogP contribution in [0.1, 0.15) is 79.4 Å². The first-order valence-corrected chi connectivity index (χ1v) is 18.8. The number of nitrogens with one attached hydrogen (secondary N) is 1. The molecule has 4 bridgehead atoms. The predicted molar refractivity (Wildman–Crippen MR) is 187 cm³/mol. The number of carbonyl (C=O) groups is 2. The molecule has 5 heterocycles. The quantitative estimate of drug-likeness (QED) is 0.315. The van der Waals surface area contributed by atoms with Gasteiger partial charge in [-0.2, -0.15) is 13.2 Å². The number of anilines is 3. The van der Waals surface area contributed by atoms with Gasteiger partial charge in [-0.15, -0.1) is 0 Å². The first kappa shape index (κ1) is 35.1. The molecule has 3 aliphatic heterocycles. The van der Waals surface area contributed by atoms with Crippen molar-refractivity contribution in [3.63, 3.8) is 0 Å². The number of hydrogen-bond donors (Lipinski definition) is 2. The zero-order chi connectivity index (χ0) is 37.5. The Balaban J connectivity index is 0.990. The second kappa shape index (κ2) is 12.7. The third-order valence-corrected chi connectivity index (χ3v) is 13.0. The van der Waals surface area contributed by atoms with Gasteiger partial charge in [0.25, 0.3) is 5.91 Å². The Morgan fingerprint density at radius 3 is 2.33 bits per heavy atom. The second-order valence-electron chi connectivity index (χ2n) is 16.1. The summed E-state index contributed by atoms with van der Waals surface area (Å²) in [6, 6.07) is 7.42. The largest absolute Gasteiger partial charge is 0.490 e. The lowest BCUT2D eigenvalue weighted by atomic mass is 9.47. The van der Waals surface area contributed by atoms with E-state index in [0.717, 1.165) is 37.7 Å². The van der Waals surface area contributed by atoms with E-state index < -0.39 is 57.7 Å². The highest BCUT2D eigenvalue weighted by molar-refractivity contribution is 6.00. The normalized spacial score (nSPS) is 30.0. The SMILES string of the molecule is NC(=O)C1(NC(=O)c2cnc(N3CC4(CCOCC4)c4cc(OC5CCN(c6ncccn6)CC5)ccc43)nc2C(F)(F)F)[C@@H]2CC3C[C@H]1CC(F)(C3)C2. The number of amides is 2. The van der Waals surface area contributed by atoms with Crippen molar-refractivity contribution in [3.05, 3.63) is 59.7 Å². The molecule has 2 aromatic heterocycles. The zero-order valence-corrected chi connectivity index (χ0v) is 29.7. The van der Waals surface area contributed by atoms with Crippen LogP contribution < -0.4 is 25.6 Å². The Labute approximate surface area is 309 Å². The number of halogens is 4. The Hall–Kier alpha value is -4.60. The maximum absolute atomic E-state index is 15.5. The molecule has 16 heteroatoms. The molecule has 7 aliphatic rings. The minimum atomic E-state index is -5.03. The van der Waals surface area contributed by atoms with E-state index in [-0.39, 0.29) is 30.8 Å². The smallest absolute Gasteiger partial charge is 0.434 e. The molecule has 10 rings (SSSR count). The summed E-state index contributed by atoms with van der Waals surface area (Å²) in [6.07, 6.45) is 3.48. The number of alkyl halides is 4. The number of hydrogen-bond acceptors (Lipinski definition) is 10. The highest BCUT2D eigenvalue weighted by Gasteiger charge is 2.66. The summed E-state index contributed by atoms with van der Waals surface area (Å²) in [6.45, 7) is 2.77. The maximum atomic E-state index is 15.5. The number of piperidine rings is 1. The fourth-order valence-electron chi connectivity index (χ4n) is 10.6. The van der Waals surface area contributed by atoms with Gasteiger partial charge in [-0.25, -0.2) is 24.3 Å². The first-order valence-electron chi connectivity index (χ1n) is 18.8. The van der Waals surface area contributed by atoms with Crippen LogP contribution in [0.5, 0.6) is 5.75 Å². The van der Waals surface area contributed by atoms with Gasteiger partial charge in [0.1, 0.15) is 23.1 Å².